The van der Waals surface area contributed by atoms with Crippen molar-refractivity contribution in [3.63, 3.8) is 0 Å². The summed E-state index contributed by atoms with van der Waals surface area (Å²) in [6.45, 7) is 7.48. The average Bonchev–Trinajstić information content (AvgIpc) is 3.28. The molecular formula is C17H26N2O2. The Morgan fingerprint density at radius 1 is 1.38 bits per heavy atom. The third-order valence-electron chi connectivity index (χ3n) is 4.08. The van der Waals surface area contributed by atoms with Crippen LogP contribution >= 0.6 is 0 Å². The number of carboxylic acid groups (broad SMARTS) is 1. The summed E-state index contributed by atoms with van der Waals surface area (Å²) in [5.74, 6) is -0.804. The van der Waals surface area contributed by atoms with Crippen LogP contribution in [-0.4, -0.2) is 41.1 Å². The van der Waals surface area contributed by atoms with Crippen LogP contribution in [0.15, 0.2) is 30.3 Å². The first-order chi connectivity index (χ1) is 9.99. The molecule has 0 saturated heterocycles. The van der Waals surface area contributed by atoms with Gasteiger partial charge in [-0.15, -0.1) is 0 Å². The van der Waals surface area contributed by atoms with E-state index in [-0.39, 0.29) is 6.04 Å². The zero-order chi connectivity index (χ0) is 15.5. The number of nitrogens with zero attached hydrogens (tertiary/aromatic N) is 1. The number of carbonyl (C=O) groups is 1. The van der Waals surface area contributed by atoms with Crippen molar-refractivity contribution in [3.8, 4) is 0 Å². The molecule has 1 aromatic carbocycles. The summed E-state index contributed by atoms with van der Waals surface area (Å²) in [5.41, 5.74) is -0.223. The van der Waals surface area contributed by atoms with Gasteiger partial charge in [-0.25, -0.2) is 4.79 Å². The lowest BCUT2D eigenvalue weighted by molar-refractivity contribution is -0.147. The maximum absolute atomic E-state index is 12.2. The van der Waals surface area contributed by atoms with E-state index >= 15 is 0 Å². The summed E-state index contributed by atoms with van der Waals surface area (Å²) >= 11 is 0. The summed E-state index contributed by atoms with van der Waals surface area (Å²) in [4.78, 5) is 14.5. The summed E-state index contributed by atoms with van der Waals surface area (Å²) in [6, 6.07) is 10.2. The molecule has 4 nitrogen and oxygen atoms in total. The summed E-state index contributed by atoms with van der Waals surface area (Å²) in [6.07, 6.45) is 2.36. The van der Waals surface area contributed by atoms with Crippen molar-refractivity contribution in [1.29, 1.82) is 0 Å². The first kappa shape index (κ1) is 16.0. The summed E-state index contributed by atoms with van der Waals surface area (Å²) < 4.78 is 0. The van der Waals surface area contributed by atoms with Crippen LogP contribution in [0.3, 0.4) is 0 Å². The van der Waals surface area contributed by atoms with Crippen LogP contribution in [0.4, 0.5) is 0 Å². The number of benzene rings is 1. The van der Waals surface area contributed by atoms with E-state index in [0.717, 1.165) is 12.1 Å². The molecule has 21 heavy (non-hydrogen) atoms. The number of rotatable bonds is 8. The first-order valence-corrected chi connectivity index (χ1v) is 7.80. The van der Waals surface area contributed by atoms with E-state index in [2.05, 4.69) is 17.1 Å². The van der Waals surface area contributed by atoms with E-state index in [1.54, 1.807) is 0 Å². The van der Waals surface area contributed by atoms with E-state index in [4.69, 9.17) is 0 Å². The van der Waals surface area contributed by atoms with Gasteiger partial charge in [0.2, 0.25) is 0 Å². The smallest absolute Gasteiger partial charge is 0.329 e. The molecule has 0 aliphatic heterocycles. The van der Waals surface area contributed by atoms with Crippen molar-refractivity contribution in [2.75, 3.05) is 13.1 Å². The van der Waals surface area contributed by atoms with Crippen LogP contribution in [0.2, 0.25) is 0 Å². The minimum absolute atomic E-state index is 0.0965. The van der Waals surface area contributed by atoms with Crippen LogP contribution in [0, 0.1) is 0 Å². The Hall–Kier alpha value is -1.39. The predicted octanol–water partition coefficient (Wildman–Crippen LogP) is 2.45. The highest BCUT2D eigenvalue weighted by atomic mass is 16.4. The van der Waals surface area contributed by atoms with Crippen LogP contribution in [0.25, 0.3) is 0 Å². The van der Waals surface area contributed by atoms with Gasteiger partial charge in [-0.3, -0.25) is 10.2 Å². The van der Waals surface area contributed by atoms with E-state index in [1.165, 1.54) is 12.8 Å². The fourth-order valence-electron chi connectivity index (χ4n) is 2.93. The van der Waals surface area contributed by atoms with Gasteiger partial charge in [0.25, 0.3) is 0 Å². The van der Waals surface area contributed by atoms with Gasteiger partial charge in [0, 0.05) is 18.6 Å². The number of carboxylic acids is 1. The summed E-state index contributed by atoms with van der Waals surface area (Å²) in [5, 5.41) is 13.3. The van der Waals surface area contributed by atoms with Crippen molar-refractivity contribution in [2.24, 2.45) is 0 Å². The molecule has 0 aromatic heterocycles. The highest BCUT2D eigenvalue weighted by Crippen LogP contribution is 2.31. The normalized spacial score (nSPS) is 18.0. The first-order valence-electron chi connectivity index (χ1n) is 7.80. The van der Waals surface area contributed by atoms with Gasteiger partial charge in [0.05, 0.1) is 0 Å². The highest BCUT2D eigenvalue weighted by molar-refractivity contribution is 5.81. The van der Waals surface area contributed by atoms with E-state index in [0.29, 0.717) is 12.6 Å². The number of nitrogens with one attached hydrogen (secondary N) is 1. The molecule has 1 aromatic rings. The van der Waals surface area contributed by atoms with Crippen molar-refractivity contribution in [2.45, 2.75) is 51.2 Å². The molecular weight excluding hydrogens is 264 g/mol. The molecule has 0 heterocycles. The molecule has 4 heteroatoms. The monoisotopic (exact) mass is 290 g/mol. The third kappa shape index (κ3) is 3.63. The standard InChI is InChI=1S/C17H26N2O2/c1-4-19(15-10-11-15)12-17(16(20)21,18-13(2)3)14-8-6-5-7-9-14/h5-9,13,15,18H,4,10-12H2,1-3H3,(H,20,21). The minimum Gasteiger partial charge on any atom is -0.480 e. The molecule has 0 bridgehead atoms. The van der Waals surface area contributed by atoms with Gasteiger partial charge in [-0.05, 0) is 38.8 Å². The lowest BCUT2D eigenvalue weighted by Gasteiger charge is -2.37. The number of hydrogen-bond donors (Lipinski definition) is 2. The molecule has 116 valence electrons. The van der Waals surface area contributed by atoms with E-state index in [9.17, 15) is 9.90 Å². The Labute approximate surface area is 127 Å². The lowest BCUT2D eigenvalue weighted by atomic mass is 9.88. The molecule has 2 rings (SSSR count). The Balaban J connectivity index is 2.37. The molecule has 1 aliphatic carbocycles. The molecule has 1 saturated carbocycles. The van der Waals surface area contributed by atoms with Crippen molar-refractivity contribution < 1.29 is 9.90 Å². The van der Waals surface area contributed by atoms with Crippen molar-refractivity contribution >= 4 is 5.97 Å². The molecule has 0 spiro atoms. The maximum Gasteiger partial charge on any atom is 0.329 e. The van der Waals surface area contributed by atoms with Gasteiger partial charge in [-0.2, -0.15) is 0 Å². The zero-order valence-electron chi connectivity index (χ0n) is 13.2. The van der Waals surface area contributed by atoms with Crippen LogP contribution in [0.1, 0.15) is 39.2 Å². The highest BCUT2D eigenvalue weighted by Gasteiger charge is 2.44. The molecule has 2 N–H and O–H groups in total. The Bertz CT molecular complexity index is 471. The maximum atomic E-state index is 12.2. The minimum atomic E-state index is -1.05. The molecule has 1 atom stereocenters. The lowest BCUT2D eigenvalue weighted by Crippen LogP contribution is -2.58. The fourth-order valence-corrected chi connectivity index (χ4v) is 2.93. The number of aliphatic carboxylic acids is 1. The predicted molar refractivity (Wildman–Crippen MR) is 84.3 cm³/mol. The molecule has 1 fully saturated rings. The quantitative estimate of drug-likeness (QED) is 0.772. The molecule has 0 amide bonds. The van der Waals surface area contributed by atoms with Gasteiger partial charge < -0.3 is 5.11 Å². The SMILES string of the molecule is CCN(CC(NC(C)C)(C(=O)O)c1ccccc1)C1CC1. The molecule has 1 unspecified atom stereocenters. The van der Waals surface area contributed by atoms with E-state index < -0.39 is 11.5 Å². The van der Waals surface area contributed by atoms with Gasteiger partial charge in [0.15, 0.2) is 5.54 Å². The Morgan fingerprint density at radius 2 is 2.00 bits per heavy atom. The second-order valence-corrected chi connectivity index (χ2v) is 6.17. The van der Waals surface area contributed by atoms with Crippen LogP contribution in [-0.2, 0) is 10.3 Å². The summed E-state index contributed by atoms with van der Waals surface area (Å²) in [7, 11) is 0. The number of hydrogen-bond acceptors (Lipinski definition) is 3. The average molecular weight is 290 g/mol. The second-order valence-electron chi connectivity index (χ2n) is 6.17. The Morgan fingerprint density at radius 3 is 2.43 bits per heavy atom. The topological polar surface area (TPSA) is 52.6 Å². The van der Waals surface area contributed by atoms with Gasteiger partial charge >= 0.3 is 5.97 Å². The van der Waals surface area contributed by atoms with Crippen LogP contribution in [0.5, 0.6) is 0 Å². The third-order valence-corrected chi connectivity index (χ3v) is 4.08. The number of likely N-dealkylation sites (N-methyl/N-ethyl adjacent to an activating group) is 1. The molecule has 0 radical (unpaired) electrons. The van der Waals surface area contributed by atoms with E-state index in [1.807, 2.05) is 44.2 Å². The zero-order valence-corrected chi connectivity index (χ0v) is 13.2. The Kier molecular flexibility index (Phi) is 5.01. The van der Waals surface area contributed by atoms with Crippen LogP contribution < -0.4 is 5.32 Å². The van der Waals surface area contributed by atoms with Gasteiger partial charge in [0.1, 0.15) is 0 Å². The van der Waals surface area contributed by atoms with Crippen molar-refractivity contribution in [1.82, 2.24) is 10.2 Å². The fraction of sp³-hybridized carbons (Fsp3) is 0.588. The largest absolute Gasteiger partial charge is 0.480 e. The van der Waals surface area contributed by atoms with Gasteiger partial charge in [-0.1, -0.05) is 37.3 Å². The molecule has 1 aliphatic rings. The second kappa shape index (κ2) is 6.58. The van der Waals surface area contributed by atoms with Crippen molar-refractivity contribution in [3.05, 3.63) is 35.9 Å².